The van der Waals surface area contributed by atoms with Crippen LogP contribution in [0.25, 0.3) is 0 Å². The molecular weight excluding hydrogens is 323 g/mol. The highest BCUT2D eigenvalue weighted by molar-refractivity contribution is 7.98. The number of thioether (sulfide) groups is 1. The van der Waals surface area contributed by atoms with Crippen molar-refractivity contribution in [1.29, 1.82) is 0 Å². The van der Waals surface area contributed by atoms with E-state index in [2.05, 4.69) is 0 Å². The first kappa shape index (κ1) is 21.1. The highest BCUT2D eigenvalue weighted by atomic mass is 32.2. The predicted molar refractivity (Wildman–Crippen MR) is 102 cm³/mol. The van der Waals surface area contributed by atoms with Crippen molar-refractivity contribution in [2.24, 2.45) is 0 Å². The Bertz CT molecular complexity index is 586. The topological polar surface area (TPSA) is 55.8 Å². The van der Waals surface area contributed by atoms with E-state index < -0.39 is 16.8 Å². The van der Waals surface area contributed by atoms with Crippen molar-refractivity contribution >= 4 is 30.7 Å². The van der Waals surface area contributed by atoms with E-state index in [1.54, 1.807) is 19.9 Å². The first-order valence-electron chi connectivity index (χ1n) is 8.03. The Balaban J connectivity index is 2.93. The maximum absolute atomic E-state index is 12.3. The Kier molecular flexibility index (Phi) is 6.59. The van der Waals surface area contributed by atoms with E-state index in [9.17, 15) is 9.90 Å². The minimum Gasteiger partial charge on any atom is -0.456 e. The third-order valence-corrected chi connectivity index (χ3v) is 4.74. The van der Waals surface area contributed by atoms with Crippen LogP contribution in [0.3, 0.4) is 0 Å². The van der Waals surface area contributed by atoms with E-state index in [1.165, 1.54) is 11.8 Å². The summed E-state index contributed by atoms with van der Waals surface area (Å²) in [5.74, 6) is -0.323. The number of rotatable bonds is 6. The van der Waals surface area contributed by atoms with Crippen molar-refractivity contribution in [3.63, 3.8) is 0 Å². The van der Waals surface area contributed by atoms with Gasteiger partial charge < -0.3 is 14.5 Å². The molecule has 6 heteroatoms. The van der Waals surface area contributed by atoms with Gasteiger partial charge in [-0.05, 0) is 60.8 Å². The number of hydrogen-bond acceptors (Lipinski definition) is 5. The van der Waals surface area contributed by atoms with Crippen LogP contribution in [0.15, 0.2) is 23.1 Å². The minimum absolute atomic E-state index is 0.323. The Hall–Kier alpha value is -0.975. The molecule has 0 aliphatic carbocycles. The van der Waals surface area contributed by atoms with Crippen LogP contribution in [0.5, 0.6) is 0 Å². The molecule has 0 heterocycles. The molecule has 1 aromatic carbocycles. The van der Waals surface area contributed by atoms with Gasteiger partial charge in [-0.1, -0.05) is 17.6 Å². The zero-order chi connectivity index (χ0) is 18.8. The second-order valence-corrected chi connectivity index (χ2v) is 8.74. The predicted octanol–water partition coefficient (Wildman–Crippen LogP) is 2.91. The molecule has 4 nitrogen and oxygen atoms in total. The Morgan fingerprint density at radius 1 is 1.12 bits per heavy atom. The monoisotopic (exact) mass is 352 g/mol. The molecule has 0 radical (unpaired) electrons. The molecule has 0 bridgehead atoms. The van der Waals surface area contributed by atoms with Gasteiger partial charge in [-0.2, -0.15) is 0 Å². The quantitative estimate of drug-likeness (QED) is 0.485. The van der Waals surface area contributed by atoms with Crippen LogP contribution in [0.1, 0.15) is 58.8 Å². The molecule has 0 saturated heterocycles. The third-order valence-electron chi connectivity index (χ3n) is 3.96. The lowest BCUT2D eigenvalue weighted by atomic mass is 9.82. The molecule has 0 amide bonds. The summed E-state index contributed by atoms with van der Waals surface area (Å²) in [4.78, 5) is 13.2. The molecule has 0 aliphatic rings. The minimum atomic E-state index is -0.953. The van der Waals surface area contributed by atoms with E-state index in [4.69, 9.17) is 9.39 Å². The van der Waals surface area contributed by atoms with Crippen molar-refractivity contribution in [2.45, 2.75) is 70.2 Å². The van der Waals surface area contributed by atoms with Gasteiger partial charge in [-0.25, -0.2) is 4.79 Å². The summed E-state index contributed by atoms with van der Waals surface area (Å²) >= 11 is 1.50. The van der Waals surface area contributed by atoms with E-state index in [0.717, 1.165) is 10.4 Å². The summed E-state index contributed by atoms with van der Waals surface area (Å²) in [7, 11) is 0.360. The Morgan fingerprint density at radius 2 is 1.71 bits per heavy atom. The summed E-state index contributed by atoms with van der Waals surface area (Å²) in [6.45, 7) is 12.7. The number of hydrogen-bond donors (Lipinski definition) is 1. The first-order valence-corrected chi connectivity index (χ1v) is 9.26. The highest BCUT2D eigenvalue weighted by Gasteiger charge is 2.35. The molecule has 24 heavy (non-hydrogen) atoms. The number of benzene rings is 1. The second-order valence-electron chi connectivity index (χ2n) is 7.89. The van der Waals surface area contributed by atoms with E-state index in [-0.39, 0.29) is 5.97 Å². The molecule has 134 valence electrons. The molecule has 1 N–H and O–H groups in total. The Morgan fingerprint density at radius 3 is 2.17 bits per heavy atom. The van der Waals surface area contributed by atoms with Crippen LogP contribution in [0.4, 0.5) is 0 Å². The molecule has 1 aromatic rings. The van der Waals surface area contributed by atoms with E-state index in [0.29, 0.717) is 13.0 Å². The average molecular weight is 352 g/mol. The normalized spacial score (nSPS) is 12.9. The van der Waals surface area contributed by atoms with Crippen molar-refractivity contribution in [3.05, 3.63) is 23.8 Å². The van der Waals surface area contributed by atoms with Gasteiger partial charge in [-0.15, -0.1) is 11.8 Å². The number of esters is 1. The van der Waals surface area contributed by atoms with Crippen molar-refractivity contribution in [1.82, 2.24) is 0 Å². The van der Waals surface area contributed by atoms with Crippen LogP contribution in [-0.2, 0) is 9.39 Å². The summed E-state index contributed by atoms with van der Waals surface area (Å²) in [5, 5.41) is 10.2. The van der Waals surface area contributed by atoms with Gasteiger partial charge in [0.2, 0.25) is 0 Å². The largest absolute Gasteiger partial charge is 0.456 e. The lowest BCUT2D eigenvalue weighted by molar-refractivity contribution is -0.0893. The fraction of sp³-hybridized carbons (Fsp3) is 0.611. The van der Waals surface area contributed by atoms with Gasteiger partial charge >= 0.3 is 13.5 Å². The summed E-state index contributed by atoms with van der Waals surface area (Å²) < 4.78 is 11.3. The highest BCUT2D eigenvalue weighted by Crippen LogP contribution is 2.25. The zero-order valence-electron chi connectivity index (χ0n) is 16.0. The smallest absolute Gasteiger partial charge is 0.339 e. The molecule has 0 spiro atoms. The van der Waals surface area contributed by atoms with Crippen LogP contribution >= 0.6 is 11.8 Å². The van der Waals surface area contributed by atoms with Gasteiger partial charge in [-0.3, -0.25) is 0 Å². The lowest BCUT2D eigenvalue weighted by Gasteiger charge is -2.37. The molecule has 1 rings (SSSR count). The average Bonchev–Trinajstić information content (AvgIpc) is 2.41. The number of aliphatic hydroxyl groups is 1. The number of ether oxygens (including phenoxy) is 1. The zero-order valence-corrected chi connectivity index (χ0v) is 16.8. The molecule has 0 aromatic heterocycles. The molecule has 0 fully saturated rings. The van der Waals surface area contributed by atoms with Crippen LogP contribution in [0.2, 0.25) is 0 Å². The van der Waals surface area contributed by atoms with Crippen molar-refractivity contribution < 1.29 is 19.3 Å². The molecular formula is C18H29BO4S. The second kappa shape index (κ2) is 7.50. The van der Waals surface area contributed by atoms with Gasteiger partial charge in [0, 0.05) is 4.90 Å². The Labute approximate surface area is 150 Å². The molecule has 0 aliphatic heterocycles. The van der Waals surface area contributed by atoms with Crippen LogP contribution in [0, 0.1) is 0 Å². The maximum atomic E-state index is 12.3. The van der Waals surface area contributed by atoms with Crippen LogP contribution < -0.4 is 5.46 Å². The van der Waals surface area contributed by atoms with Crippen LogP contribution in [-0.4, -0.2) is 41.6 Å². The standard InChI is InChI=1S/C18H29BO4S/c1-16(2,3)22-15(20)13-10-9-12(11-14(13)24-8)19-23-18(6,7)17(4,5)21/h9-11,19,21H,1-8H3. The van der Waals surface area contributed by atoms with Crippen molar-refractivity contribution in [3.8, 4) is 0 Å². The van der Waals surface area contributed by atoms with Gasteiger partial charge in [0.15, 0.2) is 0 Å². The van der Waals surface area contributed by atoms with E-state index in [1.807, 2.05) is 53.0 Å². The number of carbonyl (C=O) groups excluding carboxylic acids is 1. The third kappa shape index (κ3) is 5.83. The summed E-state index contributed by atoms with van der Waals surface area (Å²) in [6.07, 6.45) is 1.93. The summed E-state index contributed by atoms with van der Waals surface area (Å²) in [5.41, 5.74) is -0.653. The van der Waals surface area contributed by atoms with E-state index >= 15 is 0 Å². The maximum Gasteiger partial charge on any atom is 0.339 e. The molecule has 0 saturated carbocycles. The number of carbonyl (C=O) groups is 1. The summed E-state index contributed by atoms with van der Waals surface area (Å²) in [6, 6.07) is 5.57. The van der Waals surface area contributed by atoms with Crippen molar-refractivity contribution in [2.75, 3.05) is 6.26 Å². The fourth-order valence-corrected chi connectivity index (χ4v) is 2.41. The SMILES string of the molecule is CSc1cc(BOC(C)(C)C(C)(C)O)ccc1C(=O)OC(C)(C)C. The lowest BCUT2D eigenvalue weighted by Crippen LogP contribution is -2.49. The first-order chi connectivity index (χ1) is 10.8. The van der Waals surface area contributed by atoms with Gasteiger partial charge in [0.05, 0.1) is 16.8 Å². The molecule has 0 atom stereocenters. The fourth-order valence-electron chi connectivity index (χ4n) is 1.77. The van der Waals surface area contributed by atoms with Gasteiger partial charge in [0.1, 0.15) is 5.60 Å². The van der Waals surface area contributed by atoms with Gasteiger partial charge in [0.25, 0.3) is 0 Å². The molecule has 0 unspecified atom stereocenters.